The van der Waals surface area contributed by atoms with Gasteiger partial charge in [0.15, 0.2) is 5.82 Å². The second-order valence-corrected chi connectivity index (χ2v) is 16.6. The minimum absolute atomic E-state index is 0.681. The Hall–Kier alpha value is -8.86. The summed E-state index contributed by atoms with van der Waals surface area (Å²) in [5, 5.41) is 4.36. The van der Waals surface area contributed by atoms with Gasteiger partial charge in [-0.2, -0.15) is 0 Å². The lowest BCUT2D eigenvalue weighted by atomic mass is 9.93. The lowest BCUT2D eigenvalue weighted by molar-refractivity contribution is 1.19. The molecule has 3 heterocycles. The molecule has 0 aliphatic carbocycles. The molecular weight excluding hydrogens is 801 g/mol. The molecule has 0 spiro atoms. The van der Waals surface area contributed by atoms with Crippen LogP contribution in [0.25, 0.3) is 122 Å². The summed E-state index contributed by atoms with van der Waals surface area (Å²) in [4.78, 5) is 20.9. The SMILES string of the molecule is c1ccc(-c2ccc(-c3cc(-c4ccc(-c5ccccc5)cc4)nc(-c4ccc(-c5ccc(-c6ccc7ccc8ccc(-c9ccccc9)nc8c7n6)cc5)c5ccccc45)n3)cc2)cc1. The topological polar surface area (TPSA) is 51.6 Å². The molecule has 66 heavy (non-hydrogen) atoms. The predicted octanol–water partition coefficient (Wildman–Crippen LogP) is 16.1. The molecule has 0 saturated heterocycles. The van der Waals surface area contributed by atoms with Gasteiger partial charge in [-0.15, -0.1) is 0 Å². The van der Waals surface area contributed by atoms with Crippen molar-refractivity contribution < 1.29 is 0 Å². The van der Waals surface area contributed by atoms with Gasteiger partial charge in [-0.3, -0.25) is 0 Å². The van der Waals surface area contributed by atoms with Crippen LogP contribution in [0.4, 0.5) is 0 Å². The van der Waals surface area contributed by atoms with E-state index in [1.54, 1.807) is 0 Å². The molecule has 9 aromatic carbocycles. The summed E-state index contributed by atoms with van der Waals surface area (Å²) in [5.74, 6) is 0.681. The van der Waals surface area contributed by atoms with E-state index in [0.717, 1.165) is 105 Å². The first-order valence-electron chi connectivity index (χ1n) is 22.3. The number of fused-ring (bicyclic) bond motifs is 4. The van der Waals surface area contributed by atoms with Crippen molar-refractivity contribution in [2.45, 2.75) is 0 Å². The maximum absolute atomic E-state index is 5.30. The molecule has 0 unspecified atom stereocenters. The summed E-state index contributed by atoms with van der Waals surface area (Å²) in [6.07, 6.45) is 0. The molecule has 3 aromatic heterocycles. The first kappa shape index (κ1) is 38.8. The van der Waals surface area contributed by atoms with Crippen molar-refractivity contribution in [1.29, 1.82) is 0 Å². The smallest absolute Gasteiger partial charge is 0.161 e. The number of hydrogen-bond donors (Lipinski definition) is 0. The largest absolute Gasteiger partial charge is 0.245 e. The van der Waals surface area contributed by atoms with Crippen molar-refractivity contribution in [2.75, 3.05) is 0 Å². The van der Waals surface area contributed by atoms with Crippen molar-refractivity contribution >= 4 is 32.6 Å². The van der Waals surface area contributed by atoms with Crippen molar-refractivity contribution in [3.05, 3.63) is 243 Å². The number of nitrogens with zero attached hydrogens (tertiary/aromatic N) is 4. The van der Waals surface area contributed by atoms with Crippen LogP contribution in [-0.2, 0) is 0 Å². The molecule has 0 saturated carbocycles. The van der Waals surface area contributed by atoms with E-state index in [2.05, 4.69) is 212 Å². The summed E-state index contributed by atoms with van der Waals surface area (Å²) in [7, 11) is 0. The van der Waals surface area contributed by atoms with E-state index in [-0.39, 0.29) is 0 Å². The van der Waals surface area contributed by atoms with E-state index in [0.29, 0.717) is 5.82 Å². The molecule has 0 N–H and O–H groups in total. The minimum Gasteiger partial charge on any atom is -0.245 e. The first-order chi connectivity index (χ1) is 32.7. The van der Waals surface area contributed by atoms with Gasteiger partial charge in [0.2, 0.25) is 0 Å². The van der Waals surface area contributed by atoms with Gasteiger partial charge in [0.05, 0.1) is 33.8 Å². The fourth-order valence-corrected chi connectivity index (χ4v) is 9.06. The van der Waals surface area contributed by atoms with E-state index in [4.69, 9.17) is 19.9 Å². The average molecular weight is 841 g/mol. The molecule has 0 aliphatic heterocycles. The molecular formula is C62H40N4. The summed E-state index contributed by atoms with van der Waals surface area (Å²) < 4.78 is 0. The van der Waals surface area contributed by atoms with Gasteiger partial charge in [-0.05, 0) is 68.4 Å². The van der Waals surface area contributed by atoms with Gasteiger partial charge in [-0.1, -0.05) is 218 Å². The maximum Gasteiger partial charge on any atom is 0.161 e. The Morgan fingerprint density at radius 1 is 0.212 bits per heavy atom. The molecule has 0 aliphatic rings. The van der Waals surface area contributed by atoms with Crippen LogP contribution < -0.4 is 0 Å². The number of hydrogen-bond acceptors (Lipinski definition) is 4. The average Bonchev–Trinajstić information content (AvgIpc) is 3.41. The standard InChI is InChI=1S/C62H40N4/c1-4-12-41(13-5-1)43-20-26-48(27-21-43)58-40-59(49-28-22-44(23-29-49)42-14-6-2-7-15-42)66-62(65-58)55-37-36-52(53-18-10-11-19-54(53)55)45-24-30-47(31-25-45)57-39-35-51-33-32-50-34-38-56(46-16-8-3-9-17-46)63-60(50)61(51)64-57/h1-40H. The molecule has 0 amide bonds. The zero-order valence-electron chi connectivity index (χ0n) is 35.9. The Morgan fingerprint density at radius 2 is 0.545 bits per heavy atom. The molecule has 0 atom stereocenters. The third-order valence-corrected chi connectivity index (χ3v) is 12.5. The summed E-state index contributed by atoms with van der Waals surface area (Å²) in [5.41, 5.74) is 17.5. The zero-order chi connectivity index (χ0) is 43.8. The number of pyridine rings is 2. The highest BCUT2D eigenvalue weighted by molar-refractivity contribution is 6.05. The van der Waals surface area contributed by atoms with Gasteiger partial charge >= 0.3 is 0 Å². The summed E-state index contributed by atoms with van der Waals surface area (Å²) in [6, 6.07) is 85.2. The summed E-state index contributed by atoms with van der Waals surface area (Å²) >= 11 is 0. The van der Waals surface area contributed by atoms with Gasteiger partial charge in [0.25, 0.3) is 0 Å². The second-order valence-electron chi connectivity index (χ2n) is 16.6. The molecule has 12 rings (SSSR count). The van der Waals surface area contributed by atoms with Crippen LogP contribution in [0.15, 0.2) is 243 Å². The van der Waals surface area contributed by atoms with Crippen LogP contribution in [0.5, 0.6) is 0 Å². The first-order valence-corrected chi connectivity index (χ1v) is 22.3. The van der Waals surface area contributed by atoms with Gasteiger partial charge in [0, 0.05) is 38.6 Å². The van der Waals surface area contributed by atoms with E-state index >= 15 is 0 Å². The van der Waals surface area contributed by atoms with Gasteiger partial charge in [-0.25, -0.2) is 19.9 Å². The molecule has 0 bridgehead atoms. The Balaban J connectivity index is 0.916. The number of benzene rings is 9. The van der Waals surface area contributed by atoms with Crippen LogP contribution in [0.3, 0.4) is 0 Å². The van der Waals surface area contributed by atoms with Crippen molar-refractivity contribution in [1.82, 2.24) is 19.9 Å². The molecule has 0 fully saturated rings. The fourth-order valence-electron chi connectivity index (χ4n) is 9.06. The Kier molecular flexibility index (Phi) is 9.81. The molecule has 308 valence electrons. The Morgan fingerprint density at radius 3 is 1.03 bits per heavy atom. The molecule has 0 radical (unpaired) electrons. The van der Waals surface area contributed by atoms with Crippen LogP contribution in [0.1, 0.15) is 0 Å². The van der Waals surface area contributed by atoms with E-state index < -0.39 is 0 Å². The van der Waals surface area contributed by atoms with Crippen LogP contribution in [0.2, 0.25) is 0 Å². The number of aromatic nitrogens is 4. The highest BCUT2D eigenvalue weighted by atomic mass is 14.9. The van der Waals surface area contributed by atoms with E-state index in [1.807, 2.05) is 30.3 Å². The van der Waals surface area contributed by atoms with Crippen molar-refractivity contribution in [3.63, 3.8) is 0 Å². The monoisotopic (exact) mass is 840 g/mol. The Bertz CT molecular complexity index is 3600. The van der Waals surface area contributed by atoms with E-state index in [1.165, 1.54) is 11.1 Å². The molecule has 12 aromatic rings. The van der Waals surface area contributed by atoms with E-state index in [9.17, 15) is 0 Å². The zero-order valence-corrected chi connectivity index (χ0v) is 35.9. The third-order valence-electron chi connectivity index (χ3n) is 12.5. The normalized spacial score (nSPS) is 11.3. The van der Waals surface area contributed by atoms with Crippen molar-refractivity contribution in [3.8, 4) is 89.8 Å². The second kappa shape index (κ2) is 16.7. The molecule has 4 heteroatoms. The molecule has 4 nitrogen and oxygen atoms in total. The van der Waals surface area contributed by atoms with Gasteiger partial charge < -0.3 is 0 Å². The summed E-state index contributed by atoms with van der Waals surface area (Å²) in [6.45, 7) is 0. The Labute approximate surface area is 383 Å². The fraction of sp³-hybridized carbons (Fsp3) is 0. The van der Waals surface area contributed by atoms with Crippen LogP contribution in [0, 0.1) is 0 Å². The van der Waals surface area contributed by atoms with Crippen LogP contribution in [-0.4, -0.2) is 19.9 Å². The minimum atomic E-state index is 0.681. The van der Waals surface area contributed by atoms with Crippen molar-refractivity contribution in [2.24, 2.45) is 0 Å². The lowest BCUT2D eigenvalue weighted by Gasteiger charge is -2.14. The van der Waals surface area contributed by atoms with Crippen LogP contribution >= 0.6 is 0 Å². The highest BCUT2D eigenvalue weighted by Gasteiger charge is 2.16. The predicted molar refractivity (Wildman–Crippen MR) is 274 cm³/mol. The third kappa shape index (κ3) is 7.36. The quantitative estimate of drug-likeness (QED) is 0.143. The lowest BCUT2D eigenvalue weighted by Crippen LogP contribution is -1.97. The van der Waals surface area contributed by atoms with Gasteiger partial charge in [0.1, 0.15) is 0 Å². The number of rotatable bonds is 8. The highest BCUT2D eigenvalue weighted by Crippen LogP contribution is 2.38. The maximum atomic E-state index is 5.30.